The number of hydrogen-bond acceptors (Lipinski definition) is 3. The first-order valence-electron chi connectivity index (χ1n) is 6.27. The van der Waals surface area contributed by atoms with Crippen LogP contribution in [0.15, 0.2) is 36.0 Å². The smallest absolute Gasteiger partial charge is 0.334 e. The van der Waals surface area contributed by atoms with Crippen LogP contribution in [-0.4, -0.2) is 17.9 Å². The highest BCUT2D eigenvalue weighted by molar-refractivity contribution is 5.91. The Morgan fingerprint density at radius 3 is 2.94 bits per heavy atom. The van der Waals surface area contributed by atoms with Crippen molar-refractivity contribution in [1.29, 1.82) is 0 Å². The van der Waals surface area contributed by atoms with Gasteiger partial charge in [-0.2, -0.15) is 0 Å². The van der Waals surface area contributed by atoms with E-state index in [1.165, 1.54) is 6.92 Å². The van der Waals surface area contributed by atoms with Crippen LogP contribution in [0.5, 0.6) is 0 Å². The van der Waals surface area contributed by atoms with E-state index in [1.807, 2.05) is 6.08 Å². The Labute approximate surface area is 107 Å². The lowest BCUT2D eigenvalue weighted by Gasteiger charge is -2.16. The van der Waals surface area contributed by atoms with Crippen LogP contribution in [0.25, 0.3) is 0 Å². The fourth-order valence-corrected chi connectivity index (χ4v) is 2.57. The molecule has 1 aliphatic heterocycles. The maximum atomic E-state index is 11.5. The van der Waals surface area contributed by atoms with Gasteiger partial charge in [-0.25, -0.2) is 4.79 Å². The number of rotatable bonds is 2. The Morgan fingerprint density at radius 2 is 2.28 bits per heavy atom. The molecule has 0 aromatic rings. The molecule has 3 heteroatoms. The number of ether oxygens (including phenoxy) is 1. The molecular weight excluding hydrogens is 228 g/mol. The largest absolute Gasteiger partial charge is 0.458 e. The average Bonchev–Trinajstić information content (AvgIpc) is 2.46. The highest BCUT2D eigenvalue weighted by atomic mass is 16.6. The van der Waals surface area contributed by atoms with E-state index in [0.717, 1.165) is 18.4 Å². The normalized spacial score (nSPS) is 31.9. The van der Waals surface area contributed by atoms with Crippen LogP contribution in [0.2, 0.25) is 0 Å². The summed E-state index contributed by atoms with van der Waals surface area (Å²) in [5.74, 6) is 0.175. The molecule has 0 aromatic carbocycles. The summed E-state index contributed by atoms with van der Waals surface area (Å²) >= 11 is 0. The van der Waals surface area contributed by atoms with E-state index in [-0.39, 0.29) is 29.7 Å². The summed E-state index contributed by atoms with van der Waals surface area (Å²) in [4.78, 5) is 22.4. The van der Waals surface area contributed by atoms with Crippen molar-refractivity contribution in [1.82, 2.24) is 0 Å². The Bertz CT molecular complexity index is 456. The minimum atomic E-state index is -0.256. The second-order valence-corrected chi connectivity index (χ2v) is 5.10. The molecule has 96 valence electrons. The third-order valence-electron chi connectivity index (χ3n) is 3.69. The minimum Gasteiger partial charge on any atom is -0.458 e. The third-order valence-corrected chi connectivity index (χ3v) is 3.69. The quantitative estimate of drug-likeness (QED) is 0.555. The molecule has 0 amide bonds. The number of hydrogen-bond donors (Lipinski definition) is 0. The summed E-state index contributed by atoms with van der Waals surface area (Å²) in [6, 6.07) is 0. The van der Waals surface area contributed by atoms with Crippen molar-refractivity contribution in [3.63, 3.8) is 0 Å². The van der Waals surface area contributed by atoms with Crippen molar-refractivity contribution in [3.8, 4) is 0 Å². The molecular formula is C15H18O3. The predicted molar refractivity (Wildman–Crippen MR) is 68.8 cm³/mol. The van der Waals surface area contributed by atoms with Gasteiger partial charge >= 0.3 is 5.97 Å². The maximum Gasteiger partial charge on any atom is 0.334 e. The Balaban J connectivity index is 2.18. The predicted octanol–water partition coefficient (Wildman–Crippen LogP) is 2.59. The molecule has 0 aromatic heterocycles. The van der Waals surface area contributed by atoms with Crippen LogP contribution < -0.4 is 0 Å². The topological polar surface area (TPSA) is 43.4 Å². The zero-order valence-electron chi connectivity index (χ0n) is 10.8. The van der Waals surface area contributed by atoms with Gasteiger partial charge in [-0.05, 0) is 37.3 Å². The molecule has 0 bridgehead atoms. The Morgan fingerprint density at radius 1 is 1.56 bits per heavy atom. The van der Waals surface area contributed by atoms with Crippen molar-refractivity contribution in [3.05, 3.63) is 36.0 Å². The van der Waals surface area contributed by atoms with Gasteiger partial charge in [0.2, 0.25) is 0 Å². The van der Waals surface area contributed by atoms with E-state index in [4.69, 9.17) is 4.74 Å². The average molecular weight is 246 g/mol. The number of carbonyl (C=O) groups excluding carboxylic acids is 2. The monoisotopic (exact) mass is 246 g/mol. The van der Waals surface area contributed by atoms with E-state index in [2.05, 4.69) is 19.6 Å². The summed E-state index contributed by atoms with van der Waals surface area (Å²) in [5.41, 5.74) is 1.73. The maximum absolute atomic E-state index is 11.5. The van der Waals surface area contributed by atoms with Gasteiger partial charge in [0.05, 0.1) is 0 Å². The molecule has 0 spiro atoms. The summed E-state index contributed by atoms with van der Waals surface area (Å²) in [7, 11) is 0. The van der Waals surface area contributed by atoms with Crippen LogP contribution in [0.3, 0.4) is 0 Å². The minimum absolute atomic E-state index is 0.0448. The molecule has 1 aliphatic carbocycles. The fraction of sp³-hybridized carbons (Fsp3) is 0.467. The lowest BCUT2D eigenvalue weighted by molar-refractivity contribution is -0.139. The molecule has 1 saturated heterocycles. The first kappa shape index (κ1) is 12.8. The number of esters is 1. The highest BCUT2D eigenvalue weighted by Gasteiger charge is 2.40. The van der Waals surface area contributed by atoms with Crippen molar-refractivity contribution < 1.29 is 14.3 Å². The van der Waals surface area contributed by atoms with Crippen LogP contribution in [0.4, 0.5) is 0 Å². The summed E-state index contributed by atoms with van der Waals surface area (Å²) in [6.07, 6.45) is 7.06. The SMILES string of the molecule is C=C1C(=O)O[C@@H]2C[C@H](C)C(/C=C\C(C)=O)=CC[C@@H]12. The Hall–Kier alpha value is -1.64. The number of fused-ring (bicyclic) bond motifs is 1. The van der Waals surface area contributed by atoms with Gasteiger partial charge in [-0.3, -0.25) is 4.79 Å². The molecule has 2 aliphatic rings. The second-order valence-electron chi connectivity index (χ2n) is 5.10. The van der Waals surface area contributed by atoms with E-state index < -0.39 is 0 Å². The van der Waals surface area contributed by atoms with Crippen LogP contribution in [0.1, 0.15) is 26.7 Å². The zero-order chi connectivity index (χ0) is 13.3. The Kier molecular flexibility index (Phi) is 3.50. The van der Waals surface area contributed by atoms with Gasteiger partial charge in [-0.15, -0.1) is 0 Å². The van der Waals surface area contributed by atoms with Gasteiger partial charge in [0.1, 0.15) is 6.10 Å². The molecule has 1 heterocycles. The van der Waals surface area contributed by atoms with Gasteiger partial charge in [-0.1, -0.05) is 25.7 Å². The van der Waals surface area contributed by atoms with Crippen molar-refractivity contribution in [2.45, 2.75) is 32.8 Å². The lowest BCUT2D eigenvalue weighted by Crippen LogP contribution is -2.17. The van der Waals surface area contributed by atoms with E-state index in [0.29, 0.717) is 5.57 Å². The molecule has 3 atom stereocenters. The van der Waals surface area contributed by atoms with Gasteiger partial charge in [0.15, 0.2) is 5.78 Å². The highest BCUT2D eigenvalue weighted by Crippen LogP contribution is 2.38. The van der Waals surface area contributed by atoms with Gasteiger partial charge in [0, 0.05) is 11.5 Å². The molecule has 1 fully saturated rings. The summed E-state index contributed by atoms with van der Waals surface area (Å²) in [6.45, 7) is 7.44. The van der Waals surface area contributed by atoms with E-state index in [9.17, 15) is 9.59 Å². The summed E-state index contributed by atoms with van der Waals surface area (Å²) < 4.78 is 5.34. The van der Waals surface area contributed by atoms with Crippen molar-refractivity contribution in [2.75, 3.05) is 0 Å². The van der Waals surface area contributed by atoms with E-state index >= 15 is 0 Å². The van der Waals surface area contributed by atoms with Crippen LogP contribution in [0, 0.1) is 11.8 Å². The second kappa shape index (κ2) is 4.92. The fourth-order valence-electron chi connectivity index (χ4n) is 2.57. The zero-order valence-corrected chi connectivity index (χ0v) is 10.8. The molecule has 0 N–H and O–H groups in total. The van der Waals surface area contributed by atoms with Crippen LogP contribution in [-0.2, 0) is 14.3 Å². The molecule has 18 heavy (non-hydrogen) atoms. The third kappa shape index (κ3) is 2.45. The van der Waals surface area contributed by atoms with Crippen molar-refractivity contribution >= 4 is 11.8 Å². The lowest BCUT2D eigenvalue weighted by atomic mass is 9.91. The standard InChI is InChI=1S/C15H18O3/c1-9-8-14-13(11(3)15(17)18-14)7-6-12(9)5-4-10(2)16/h4-6,9,13-14H,3,7-8H2,1-2H3/b5-4-/t9-,13-,14+/m0/s1. The molecule has 0 saturated carbocycles. The first-order valence-corrected chi connectivity index (χ1v) is 6.27. The van der Waals surface area contributed by atoms with Crippen LogP contribution >= 0.6 is 0 Å². The number of ketones is 1. The van der Waals surface area contributed by atoms with Gasteiger partial charge < -0.3 is 4.74 Å². The number of carbonyl (C=O) groups is 2. The molecule has 0 unspecified atom stereocenters. The molecule has 2 rings (SSSR count). The van der Waals surface area contributed by atoms with E-state index in [1.54, 1.807) is 6.08 Å². The molecule has 0 radical (unpaired) electrons. The number of allylic oxidation sites excluding steroid dienone is 4. The summed E-state index contributed by atoms with van der Waals surface area (Å²) in [5, 5.41) is 0. The van der Waals surface area contributed by atoms with Gasteiger partial charge in [0.25, 0.3) is 0 Å². The van der Waals surface area contributed by atoms with Crippen molar-refractivity contribution in [2.24, 2.45) is 11.8 Å². The molecule has 3 nitrogen and oxygen atoms in total. The first-order chi connectivity index (χ1) is 8.49.